The minimum atomic E-state index is -0.418. The fourth-order valence-corrected chi connectivity index (χ4v) is 2.31. The van der Waals surface area contributed by atoms with Gasteiger partial charge in [0.05, 0.1) is 12.7 Å². The zero-order valence-corrected chi connectivity index (χ0v) is 10.7. The van der Waals surface area contributed by atoms with Crippen LogP contribution >= 0.6 is 0 Å². The van der Waals surface area contributed by atoms with Gasteiger partial charge < -0.3 is 4.74 Å². The Morgan fingerprint density at radius 2 is 2.00 bits per heavy atom. The molecule has 0 bridgehead atoms. The summed E-state index contributed by atoms with van der Waals surface area (Å²) in [4.78, 5) is 26.6. The SMILES string of the molecule is COC(=O)c1ccc2c(c1)cc(N=O)c1ccncc12. The number of esters is 1. The van der Waals surface area contributed by atoms with Gasteiger partial charge in [0.15, 0.2) is 0 Å². The molecule has 0 N–H and O–H groups in total. The van der Waals surface area contributed by atoms with Gasteiger partial charge in [-0.05, 0) is 40.2 Å². The highest BCUT2D eigenvalue weighted by Crippen LogP contribution is 2.33. The number of benzene rings is 2. The molecule has 0 radical (unpaired) electrons. The second-order valence-electron chi connectivity index (χ2n) is 4.34. The van der Waals surface area contributed by atoms with Gasteiger partial charge in [-0.3, -0.25) is 4.98 Å². The van der Waals surface area contributed by atoms with Crippen molar-refractivity contribution in [2.75, 3.05) is 7.11 Å². The van der Waals surface area contributed by atoms with Crippen LogP contribution in [0, 0.1) is 4.91 Å². The van der Waals surface area contributed by atoms with Crippen LogP contribution in [0.1, 0.15) is 10.4 Å². The summed E-state index contributed by atoms with van der Waals surface area (Å²) in [5.74, 6) is -0.418. The number of methoxy groups -OCH3 is 1. The highest BCUT2D eigenvalue weighted by atomic mass is 16.5. The molecule has 0 spiro atoms. The van der Waals surface area contributed by atoms with Crippen molar-refractivity contribution in [1.29, 1.82) is 0 Å². The van der Waals surface area contributed by atoms with Gasteiger partial charge in [-0.15, -0.1) is 4.91 Å². The highest BCUT2D eigenvalue weighted by Gasteiger charge is 2.10. The van der Waals surface area contributed by atoms with Crippen LogP contribution in [0.25, 0.3) is 21.5 Å². The van der Waals surface area contributed by atoms with E-state index in [0.29, 0.717) is 11.3 Å². The third kappa shape index (κ3) is 1.80. The van der Waals surface area contributed by atoms with E-state index in [0.717, 1.165) is 21.5 Å². The molecule has 0 amide bonds. The average Bonchev–Trinajstić information content (AvgIpc) is 2.52. The third-order valence-corrected chi connectivity index (χ3v) is 3.25. The number of nitroso groups, excluding NO2 is 1. The topological polar surface area (TPSA) is 68.6 Å². The molecule has 5 nitrogen and oxygen atoms in total. The van der Waals surface area contributed by atoms with Crippen LogP contribution < -0.4 is 0 Å². The number of aromatic nitrogens is 1. The predicted octanol–water partition coefficient (Wildman–Crippen LogP) is 3.57. The minimum Gasteiger partial charge on any atom is -0.465 e. The van der Waals surface area contributed by atoms with Crippen molar-refractivity contribution in [3.63, 3.8) is 0 Å². The summed E-state index contributed by atoms with van der Waals surface area (Å²) >= 11 is 0. The van der Waals surface area contributed by atoms with E-state index in [2.05, 4.69) is 10.2 Å². The second kappa shape index (κ2) is 4.70. The van der Waals surface area contributed by atoms with Crippen molar-refractivity contribution in [2.24, 2.45) is 5.18 Å². The van der Waals surface area contributed by atoms with E-state index in [-0.39, 0.29) is 0 Å². The normalized spacial score (nSPS) is 10.7. The lowest BCUT2D eigenvalue weighted by atomic mass is 10.0. The van der Waals surface area contributed by atoms with Crippen LogP contribution in [0.2, 0.25) is 0 Å². The number of hydrogen-bond acceptors (Lipinski definition) is 5. The Morgan fingerprint density at radius 3 is 2.75 bits per heavy atom. The molecule has 0 saturated carbocycles. The monoisotopic (exact) mass is 266 g/mol. The van der Waals surface area contributed by atoms with Crippen LogP contribution in [-0.2, 0) is 4.74 Å². The summed E-state index contributed by atoms with van der Waals surface area (Å²) in [6, 6.07) is 8.61. The molecule has 0 atom stereocenters. The van der Waals surface area contributed by atoms with Gasteiger partial charge >= 0.3 is 5.97 Å². The molecule has 0 unspecified atom stereocenters. The Kier molecular flexibility index (Phi) is 2.87. The lowest BCUT2D eigenvalue weighted by molar-refractivity contribution is 0.0601. The minimum absolute atomic E-state index is 0.330. The van der Waals surface area contributed by atoms with Crippen molar-refractivity contribution >= 4 is 33.2 Å². The quantitative estimate of drug-likeness (QED) is 0.404. The molecule has 3 rings (SSSR count). The van der Waals surface area contributed by atoms with Crippen molar-refractivity contribution in [3.8, 4) is 0 Å². The molecule has 0 saturated heterocycles. The summed E-state index contributed by atoms with van der Waals surface area (Å²) in [6.07, 6.45) is 3.30. The lowest BCUT2D eigenvalue weighted by Crippen LogP contribution is -2.00. The van der Waals surface area contributed by atoms with Crippen LogP contribution in [0.5, 0.6) is 0 Å². The Labute approximate surface area is 114 Å². The van der Waals surface area contributed by atoms with E-state index < -0.39 is 5.97 Å². The summed E-state index contributed by atoms with van der Waals surface area (Å²) in [5, 5.41) is 6.29. The van der Waals surface area contributed by atoms with E-state index in [1.165, 1.54) is 7.11 Å². The van der Waals surface area contributed by atoms with E-state index in [4.69, 9.17) is 4.74 Å². The Balaban J connectivity index is 2.39. The number of carbonyl (C=O) groups excluding carboxylic acids is 1. The summed E-state index contributed by atoms with van der Waals surface area (Å²) in [6.45, 7) is 0. The lowest BCUT2D eigenvalue weighted by Gasteiger charge is -2.07. The number of carbonyl (C=O) groups is 1. The Bertz CT molecular complexity index is 843. The standard InChI is InChI=1S/C15H10N2O3/c1-20-15(18)9-2-3-11-10(6-9)7-14(17-19)12-4-5-16-8-13(11)12/h2-8H,1H3. The Morgan fingerprint density at radius 1 is 1.15 bits per heavy atom. The van der Waals surface area contributed by atoms with E-state index in [9.17, 15) is 9.70 Å². The van der Waals surface area contributed by atoms with Gasteiger partial charge in [-0.25, -0.2) is 4.79 Å². The first-order chi connectivity index (χ1) is 9.74. The van der Waals surface area contributed by atoms with E-state index in [1.807, 2.05) is 6.07 Å². The first kappa shape index (κ1) is 12.2. The van der Waals surface area contributed by atoms with Gasteiger partial charge in [0.25, 0.3) is 0 Å². The number of ether oxygens (including phenoxy) is 1. The molecule has 0 aliphatic rings. The first-order valence-corrected chi connectivity index (χ1v) is 5.97. The van der Waals surface area contributed by atoms with Crippen LogP contribution in [0.4, 0.5) is 5.69 Å². The van der Waals surface area contributed by atoms with Gasteiger partial charge in [0.2, 0.25) is 0 Å². The van der Waals surface area contributed by atoms with Gasteiger partial charge in [0, 0.05) is 23.2 Å². The molecule has 0 aliphatic heterocycles. The molecule has 1 heterocycles. The molecule has 5 heteroatoms. The zero-order valence-electron chi connectivity index (χ0n) is 10.7. The molecule has 2 aromatic carbocycles. The molecule has 98 valence electrons. The molecular weight excluding hydrogens is 256 g/mol. The largest absolute Gasteiger partial charge is 0.465 e. The number of nitrogens with zero attached hydrogens (tertiary/aromatic N) is 2. The van der Waals surface area contributed by atoms with Crippen molar-refractivity contribution in [1.82, 2.24) is 4.98 Å². The summed E-state index contributed by atoms with van der Waals surface area (Å²) < 4.78 is 4.69. The summed E-state index contributed by atoms with van der Waals surface area (Å²) in [7, 11) is 1.33. The van der Waals surface area contributed by atoms with Crippen molar-refractivity contribution < 1.29 is 9.53 Å². The fourth-order valence-electron chi connectivity index (χ4n) is 2.31. The number of pyridine rings is 1. The Hall–Kier alpha value is -2.82. The van der Waals surface area contributed by atoms with Crippen molar-refractivity contribution in [3.05, 3.63) is 53.2 Å². The maximum atomic E-state index is 11.6. The third-order valence-electron chi connectivity index (χ3n) is 3.25. The van der Waals surface area contributed by atoms with Crippen LogP contribution in [-0.4, -0.2) is 18.1 Å². The van der Waals surface area contributed by atoms with E-state index >= 15 is 0 Å². The molecule has 20 heavy (non-hydrogen) atoms. The van der Waals surface area contributed by atoms with E-state index in [1.54, 1.807) is 36.7 Å². The maximum Gasteiger partial charge on any atom is 0.337 e. The van der Waals surface area contributed by atoms with Crippen molar-refractivity contribution in [2.45, 2.75) is 0 Å². The van der Waals surface area contributed by atoms with Crippen LogP contribution in [0.15, 0.2) is 47.9 Å². The smallest absolute Gasteiger partial charge is 0.337 e. The predicted molar refractivity (Wildman–Crippen MR) is 76.0 cm³/mol. The summed E-state index contributed by atoms with van der Waals surface area (Å²) in [5.41, 5.74) is 0.761. The van der Waals surface area contributed by atoms with Crippen LogP contribution in [0.3, 0.4) is 0 Å². The molecule has 0 aliphatic carbocycles. The zero-order chi connectivity index (χ0) is 14.1. The van der Waals surface area contributed by atoms with Gasteiger partial charge in [-0.1, -0.05) is 6.07 Å². The number of hydrogen-bond donors (Lipinski definition) is 0. The molecule has 1 aromatic heterocycles. The first-order valence-electron chi connectivity index (χ1n) is 5.97. The van der Waals surface area contributed by atoms with Gasteiger partial charge in [-0.2, -0.15) is 0 Å². The average molecular weight is 266 g/mol. The van der Waals surface area contributed by atoms with Gasteiger partial charge in [0.1, 0.15) is 5.69 Å². The molecule has 0 fully saturated rings. The second-order valence-corrected chi connectivity index (χ2v) is 4.34. The highest BCUT2D eigenvalue weighted by molar-refractivity contribution is 6.13. The fraction of sp³-hybridized carbons (Fsp3) is 0.0667. The molecule has 3 aromatic rings. The number of fused-ring (bicyclic) bond motifs is 3. The molecular formula is C15H10N2O3. The number of rotatable bonds is 2. The maximum absolute atomic E-state index is 11.6.